The van der Waals surface area contributed by atoms with Crippen molar-refractivity contribution in [3.05, 3.63) is 56.7 Å². The topological polar surface area (TPSA) is 75.8 Å². The number of alkyl halides is 6. The first-order chi connectivity index (χ1) is 11.4. The van der Waals surface area contributed by atoms with Crippen molar-refractivity contribution in [3.63, 3.8) is 0 Å². The molecule has 0 spiro atoms. The second-order valence-electron chi connectivity index (χ2n) is 4.64. The molecule has 0 amide bonds. The summed E-state index contributed by atoms with van der Waals surface area (Å²) < 4.78 is 73.5. The molecule has 0 radical (unpaired) electrons. The molecular formula is C15H10F6IN3. The molecule has 2 aromatic rings. The van der Waals surface area contributed by atoms with Gasteiger partial charge in [-0.3, -0.25) is 0 Å². The fourth-order valence-electron chi connectivity index (χ4n) is 1.65. The van der Waals surface area contributed by atoms with Crippen LogP contribution in [0.15, 0.2) is 36.4 Å². The van der Waals surface area contributed by atoms with Crippen LogP contribution in [0.25, 0.3) is 0 Å². The molecule has 0 saturated heterocycles. The smallest absolute Gasteiger partial charge is 0.398 e. The van der Waals surface area contributed by atoms with Gasteiger partial charge in [-0.25, -0.2) is 0 Å². The van der Waals surface area contributed by atoms with E-state index in [9.17, 15) is 26.3 Å². The Morgan fingerprint density at radius 2 is 1.24 bits per heavy atom. The van der Waals surface area contributed by atoms with E-state index in [-0.39, 0.29) is 16.9 Å². The lowest BCUT2D eigenvalue weighted by molar-refractivity contribution is -0.137. The SMILES string of the molecule is N#Cc1ccc(N)c(C(F)(F)F)c1.Nc1ccc(I)cc1C(F)(F)F. The van der Waals surface area contributed by atoms with Crippen LogP contribution in [0.5, 0.6) is 0 Å². The number of hydrogen-bond donors (Lipinski definition) is 2. The van der Waals surface area contributed by atoms with Gasteiger partial charge in [0.1, 0.15) is 0 Å². The van der Waals surface area contributed by atoms with Crippen LogP contribution in [0.2, 0.25) is 0 Å². The molecule has 0 aromatic heterocycles. The zero-order valence-electron chi connectivity index (χ0n) is 12.2. The van der Waals surface area contributed by atoms with Crippen LogP contribution < -0.4 is 11.5 Å². The largest absolute Gasteiger partial charge is 0.418 e. The summed E-state index contributed by atoms with van der Waals surface area (Å²) in [5.41, 5.74) is 7.86. The van der Waals surface area contributed by atoms with Crippen LogP contribution in [0.4, 0.5) is 37.7 Å². The van der Waals surface area contributed by atoms with E-state index in [0.717, 1.165) is 18.2 Å². The van der Waals surface area contributed by atoms with Crippen molar-refractivity contribution in [2.24, 2.45) is 0 Å². The zero-order valence-corrected chi connectivity index (χ0v) is 14.4. The van der Waals surface area contributed by atoms with Gasteiger partial charge in [-0.2, -0.15) is 31.6 Å². The van der Waals surface area contributed by atoms with Crippen LogP contribution in [0, 0.1) is 14.9 Å². The molecule has 0 aliphatic heterocycles. The van der Waals surface area contributed by atoms with Crippen molar-refractivity contribution in [3.8, 4) is 6.07 Å². The van der Waals surface area contributed by atoms with E-state index in [1.165, 1.54) is 18.2 Å². The molecule has 0 aliphatic rings. The maximum Gasteiger partial charge on any atom is 0.418 e. The van der Waals surface area contributed by atoms with Gasteiger partial charge in [0, 0.05) is 14.9 Å². The van der Waals surface area contributed by atoms with E-state index in [1.54, 1.807) is 28.7 Å². The number of hydrogen-bond acceptors (Lipinski definition) is 3. The first-order valence-corrected chi connectivity index (χ1v) is 7.43. The number of anilines is 2. The maximum atomic E-state index is 12.2. The van der Waals surface area contributed by atoms with Crippen LogP contribution in [-0.4, -0.2) is 0 Å². The maximum absolute atomic E-state index is 12.2. The highest BCUT2D eigenvalue weighted by Gasteiger charge is 2.33. The molecule has 0 saturated carbocycles. The second kappa shape index (κ2) is 7.81. The molecule has 25 heavy (non-hydrogen) atoms. The molecule has 134 valence electrons. The highest BCUT2D eigenvalue weighted by Crippen LogP contribution is 2.34. The molecule has 3 nitrogen and oxygen atoms in total. The number of benzene rings is 2. The van der Waals surface area contributed by atoms with Gasteiger partial charge in [0.25, 0.3) is 0 Å². The summed E-state index contributed by atoms with van der Waals surface area (Å²) in [6.07, 6.45) is -8.86. The minimum absolute atomic E-state index is 0.0541. The average molecular weight is 473 g/mol. The van der Waals surface area contributed by atoms with Gasteiger partial charge in [-0.05, 0) is 59.0 Å². The highest BCUT2D eigenvalue weighted by atomic mass is 127. The fourth-order valence-corrected chi connectivity index (χ4v) is 2.14. The van der Waals surface area contributed by atoms with Crippen LogP contribution in [0.3, 0.4) is 0 Å². The lowest BCUT2D eigenvalue weighted by Gasteiger charge is -2.09. The number of nitrogens with two attached hydrogens (primary N) is 2. The molecule has 10 heteroatoms. The molecule has 2 rings (SSSR count). The summed E-state index contributed by atoms with van der Waals surface area (Å²) in [6, 6.07) is 8.47. The Morgan fingerprint density at radius 3 is 1.64 bits per heavy atom. The highest BCUT2D eigenvalue weighted by molar-refractivity contribution is 14.1. The number of nitrogen functional groups attached to an aromatic ring is 2. The third kappa shape index (κ3) is 6.00. The van der Waals surface area contributed by atoms with E-state index < -0.39 is 23.5 Å². The second-order valence-corrected chi connectivity index (χ2v) is 5.89. The fraction of sp³-hybridized carbons (Fsp3) is 0.133. The van der Waals surface area contributed by atoms with E-state index in [1.807, 2.05) is 0 Å². The minimum Gasteiger partial charge on any atom is -0.398 e. The molecule has 0 atom stereocenters. The number of nitriles is 1. The molecule has 4 N–H and O–H groups in total. The third-order valence-corrected chi connectivity index (χ3v) is 3.48. The molecule has 0 heterocycles. The molecular weight excluding hydrogens is 463 g/mol. The van der Waals surface area contributed by atoms with Crippen LogP contribution in [0.1, 0.15) is 16.7 Å². The molecule has 0 unspecified atom stereocenters. The van der Waals surface area contributed by atoms with Gasteiger partial charge in [0.05, 0.1) is 22.8 Å². The summed E-state index contributed by atoms with van der Waals surface area (Å²) in [5.74, 6) is 0. The Bertz CT molecular complexity index is 793. The van der Waals surface area contributed by atoms with Gasteiger partial charge >= 0.3 is 12.4 Å². The lowest BCUT2D eigenvalue weighted by atomic mass is 10.1. The van der Waals surface area contributed by atoms with Crippen molar-refractivity contribution in [1.29, 1.82) is 5.26 Å². The number of rotatable bonds is 0. The standard InChI is InChI=1S/C8H5F3N2.C7H5F3IN/c9-8(10,11)6-3-5(4-12)1-2-7(6)13;8-7(9,10)5-3-4(11)1-2-6(5)12/h1-3H,13H2;1-3H,12H2. The van der Waals surface area contributed by atoms with Gasteiger partial charge in [-0.15, -0.1) is 0 Å². The van der Waals surface area contributed by atoms with Crippen molar-refractivity contribution in [2.45, 2.75) is 12.4 Å². The first-order valence-electron chi connectivity index (χ1n) is 6.35. The van der Waals surface area contributed by atoms with Crippen molar-refractivity contribution in [2.75, 3.05) is 11.5 Å². The van der Waals surface area contributed by atoms with E-state index in [0.29, 0.717) is 3.57 Å². The average Bonchev–Trinajstić information content (AvgIpc) is 2.48. The van der Waals surface area contributed by atoms with E-state index in [4.69, 9.17) is 16.7 Å². The first kappa shape index (κ1) is 20.9. The van der Waals surface area contributed by atoms with Crippen molar-refractivity contribution >= 4 is 34.0 Å². The molecule has 0 bridgehead atoms. The summed E-state index contributed by atoms with van der Waals surface area (Å²) in [4.78, 5) is 0. The van der Waals surface area contributed by atoms with Crippen LogP contribution >= 0.6 is 22.6 Å². The van der Waals surface area contributed by atoms with Crippen molar-refractivity contribution < 1.29 is 26.3 Å². The van der Waals surface area contributed by atoms with E-state index >= 15 is 0 Å². The summed E-state index contributed by atoms with van der Waals surface area (Å²) in [5, 5.41) is 8.36. The van der Waals surface area contributed by atoms with Gasteiger partial charge in [0.15, 0.2) is 0 Å². The predicted molar refractivity (Wildman–Crippen MR) is 89.1 cm³/mol. The summed E-state index contributed by atoms with van der Waals surface area (Å²) >= 11 is 1.81. The molecule has 2 aromatic carbocycles. The Morgan fingerprint density at radius 1 is 0.800 bits per heavy atom. The zero-order chi connectivity index (χ0) is 19.4. The summed E-state index contributed by atoms with van der Waals surface area (Å²) in [6.45, 7) is 0. The Hall–Kier alpha value is -2.16. The lowest BCUT2D eigenvalue weighted by Crippen LogP contribution is -2.08. The normalized spacial score (nSPS) is 11.3. The predicted octanol–water partition coefficient (Wildman–Crippen LogP) is 5.05. The molecule has 0 fully saturated rings. The van der Waals surface area contributed by atoms with Gasteiger partial charge in [-0.1, -0.05) is 0 Å². The summed E-state index contributed by atoms with van der Waals surface area (Å²) in [7, 11) is 0. The Balaban J connectivity index is 0.000000251. The number of halogens is 7. The van der Waals surface area contributed by atoms with Crippen molar-refractivity contribution in [1.82, 2.24) is 0 Å². The quantitative estimate of drug-likeness (QED) is 0.320. The Kier molecular flexibility index (Phi) is 6.53. The molecule has 0 aliphatic carbocycles. The third-order valence-electron chi connectivity index (χ3n) is 2.81. The monoisotopic (exact) mass is 473 g/mol. The van der Waals surface area contributed by atoms with E-state index in [2.05, 4.69) is 0 Å². The minimum atomic E-state index is -4.50. The van der Waals surface area contributed by atoms with Gasteiger partial charge < -0.3 is 11.5 Å². The Labute approximate surface area is 152 Å². The van der Waals surface area contributed by atoms with Gasteiger partial charge in [0.2, 0.25) is 0 Å². The van der Waals surface area contributed by atoms with Crippen LogP contribution in [-0.2, 0) is 12.4 Å². The number of nitrogens with zero attached hydrogens (tertiary/aromatic N) is 1.